The van der Waals surface area contributed by atoms with Gasteiger partial charge in [0.1, 0.15) is 5.41 Å². The minimum Gasteiger partial charge on any atom is -0.381 e. The molecule has 7 heteroatoms. The molecule has 6 nitrogen and oxygen atoms in total. The van der Waals surface area contributed by atoms with Gasteiger partial charge in [-0.3, -0.25) is 4.79 Å². The van der Waals surface area contributed by atoms with Crippen LogP contribution in [0.1, 0.15) is 25.7 Å². The molecule has 0 aromatic heterocycles. The van der Waals surface area contributed by atoms with Gasteiger partial charge in [-0.05, 0) is 25.7 Å². The van der Waals surface area contributed by atoms with Crippen molar-refractivity contribution >= 4 is 15.7 Å². The molecule has 0 saturated carbocycles. The number of nitrogens with zero attached hydrogens (tertiary/aromatic N) is 1. The van der Waals surface area contributed by atoms with Crippen LogP contribution in [-0.4, -0.2) is 45.1 Å². The Morgan fingerprint density at radius 1 is 1.37 bits per heavy atom. The first-order valence-electron chi connectivity index (χ1n) is 6.48. The van der Waals surface area contributed by atoms with Gasteiger partial charge in [0.05, 0.1) is 17.6 Å². The first-order valence-corrected chi connectivity index (χ1v) is 8.30. The Kier molecular flexibility index (Phi) is 4.11. The third-order valence-electron chi connectivity index (χ3n) is 3.79. The Balaban J connectivity index is 2.02. The molecule has 0 aliphatic carbocycles. The van der Waals surface area contributed by atoms with Gasteiger partial charge in [-0.15, -0.1) is 0 Å². The van der Waals surface area contributed by atoms with Gasteiger partial charge >= 0.3 is 0 Å². The van der Waals surface area contributed by atoms with Crippen molar-refractivity contribution in [3.63, 3.8) is 0 Å². The average molecular weight is 286 g/mol. The van der Waals surface area contributed by atoms with E-state index >= 15 is 0 Å². The van der Waals surface area contributed by atoms with Gasteiger partial charge in [0.2, 0.25) is 5.91 Å². The third kappa shape index (κ3) is 3.25. The maximum absolute atomic E-state index is 12.2. The highest BCUT2D eigenvalue weighted by Gasteiger charge is 2.41. The van der Waals surface area contributed by atoms with E-state index < -0.39 is 15.3 Å². The van der Waals surface area contributed by atoms with E-state index in [4.69, 9.17) is 4.74 Å². The molecule has 0 radical (unpaired) electrons. The average Bonchev–Trinajstić information content (AvgIpc) is 2.38. The fourth-order valence-corrected chi connectivity index (χ4v) is 4.21. The van der Waals surface area contributed by atoms with Crippen LogP contribution in [0.15, 0.2) is 0 Å². The molecule has 2 aliphatic rings. The minimum absolute atomic E-state index is 0.0171. The van der Waals surface area contributed by atoms with E-state index in [1.165, 1.54) is 0 Å². The molecule has 2 rings (SSSR count). The Hall–Kier alpha value is -1.13. The maximum Gasteiger partial charge on any atom is 0.240 e. The van der Waals surface area contributed by atoms with Crippen molar-refractivity contribution in [1.29, 1.82) is 5.26 Å². The monoisotopic (exact) mass is 286 g/mol. The molecule has 19 heavy (non-hydrogen) atoms. The van der Waals surface area contributed by atoms with Crippen LogP contribution in [0.3, 0.4) is 0 Å². The van der Waals surface area contributed by atoms with Gasteiger partial charge in [-0.1, -0.05) is 0 Å². The summed E-state index contributed by atoms with van der Waals surface area (Å²) in [7, 11) is -3.06. The highest BCUT2D eigenvalue weighted by atomic mass is 32.2. The number of carbonyl (C=O) groups excluding carboxylic acids is 1. The first kappa shape index (κ1) is 14.3. The van der Waals surface area contributed by atoms with Crippen molar-refractivity contribution in [2.24, 2.45) is 5.41 Å². The van der Waals surface area contributed by atoms with Crippen molar-refractivity contribution in [3.8, 4) is 6.07 Å². The summed E-state index contributed by atoms with van der Waals surface area (Å²) in [5, 5.41) is 12.0. The van der Waals surface area contributed by atoms with Crippen molar-refractivity contribution in [1.82, 2.24) is 5.32 Å². The number of ether oxygens (including phenoxy) is 1. The lowest BCUT2D eigenvalue weighted by molar-refractivity contribution is -0.133. The topological polar surface area (TPSA) is 96.3 Å². The van der Waals surface area contributed by atoms with Gasteiger partial charge in [0.25, 0.3) is 0 Å². The van der Waals surface area contributed by atoms with E-state index in [1.54, 1.807) is 0 Å². The minimum atomic E-state index is -3.06. The van der Waals surface area contributed by atoms with Crippen LogP contribution in [0.2, 0.25) is 0 Å². The zero-order valence-electron chi connectivity index (χ0n) is 10.7. The molecule has 1 amide bonds. The Labute approximate surface area is 113 Å². The van der Waals surface area contributed by atoms with Crippen LogP contribution in [0, 0.1) is 16.7 Å². The van der Waals surface area contributed by atoms with Crippen LogP contribution < -0.4 is 5.32 Å². The van der Waals surface area contributed by atoms with E-state index in [0.29, 0.717) is 38.9 Å². The molecule has 1 N–H and O–H groups in total. The van der Waals surface area contributed by atoms with Crippen LogP contribution in [-0.2, 0) is 19.4 Å². The number of amides is 1. The van der Waals surface area contributed by atoms with E-state index in [1.807, 2.05) is 0 Å². The summed E-state index contributed by atoms with van der Waals surface area (Å²) in [5.41, 5.74) is -1.06. The second kappa shape index (κ2) is 5.47. The quantitative estimate of drug-likeness (QED) is 0.770. The summed E-state index contributed by atoms with van der Waals surface area (Å²) in [6.45, 7) is 0.786. The Morgan fingerprint density at radius 2 is 2.05 bits per heavy atom. The van der Waals surface area contributed by atoms with Gasteiger partial charge in [-0.25, -0.2) is 8.42 Å². The second-order valence-corrected chi connectivity index (χ2v) is 7.46. The maximum atomic E-state index is 12.2. The number of hydrogen-bond donors (Lipinski definition) is 1. The molecule has 2 aliphatic heterocycles. The summed E-state index contributed by atoms with van der Waals surface area (Å²) >= 11 is 0. The van der Waals surface area contributed by atoms with Crippen molar-refractivity contribution in [2.45, 2.75) is 31.7 Å². The number of rotatable bonds is 2. The first-order chi connectivity index (χ1) is 8.97. The molecule has 2 fully saturated rings. The summed E-state index contributed by atoms with van der Waals surface area (Å²) < 4.78 is 28.2. The number of nitriles is 1. The number of sulfone groups is 1. The molecule has 0 aromatic carbocycles. The van der Waals surface area contributed by atoms with Gasteiger partial charge in [0, 0.05) is 19.3 Å². The predicted octanol–water partition coefficient (Wildman–Crippen LogP) is 0.000180. The Bertz CT molecular complexity index is 488. The summed E-state index contributed by atoms with van der Waals surface area (Å²) in [6, 6.07) is 1.72. The van der Waals surface area contributed by atoms with Crippen molar-refractivity contribution in [3.05, 3.63) is 0 Å². The van der Waals surface area contributed by atoms with Gasteiger partial charge < -0.3 is 10.1 Å². The van der Waals surface area contributed by atoms with Crippen LogP contribution in [0.4, 0.5) is 0 Å². The summed E-state index contributed by atoms with van der Waals surface area (Å²) in [6.07, 6.45) is 1.96. The fraction of sp³-hybridized carbons (Fsp3) is 0.833. The van der Waals surface area contributed by atoms with E-state index in [2.05, 4.69) is 11.4 Å². The third-order valence-corrected chi connectivity index (χ3v) is 5.61. The lowest BCUT2D eigenvalue weighted by Crippen LogP contribution is -2.50. The number of hydrogen-bond acceptors (Lipinski definition) is 5. The lowest BCUT2D eigenvalue weighted by atomic mass is 9.80. The SMILES string of the molecule is N#CC1(C(=O)NC2CCCS(=O)(=O)C2)CCOCC1. The molecule has 2 heterocycles. The summed E-state index contributed by atoms with van der Waals surface area (Å²) in [5.74, 6) is -0.173. The largest absolute Gasteiger partial charge is 0.381 e. The predicted molar refractivity (Wildman–Crippen MR) is 67.9 cm³/mol. The normalized spacial score (nSPS) is 29.1. The van der Waals surface area contributed by atoms with Crippen LogP contribution in [0.25, 0.3) is 0 Å². The molecule has 0 aromatic rings. The van der Waals surface area contributed by atoms with E-state index in [0.717, 1.165) is 0 Å². The Morgan fingerprint density at radius 3 is 2.63 bits per heavy atom. The van der Waals surface area contributed by atoms with E-state index in [-0.39, 0.29) is 23.5 Å². The van der Waals surface area contributed by atoms with Gasteiger partial charge in [-0.2, -0.15) is 5.26 Å². The lowest BCUT2D eigenvalue weighted by Gasteiger charge is -2.32. The highest BCUT2D eigenvalue weighted by molar-refractivity contribution is 7.91. The molecule has 106 valence electrons. The van der Waals surface area contributed by atoms with Crippen LogP contribution >= 0.6 is 0 Å². The molecular weight excluding hydrogens is 268 g/mol. The highest BCUT2D eigenvalue weighted by Crippen LogP contribution is 2.30. The molecule has 1 unspecified atom stereocenters. The zero-order chi connectivity index (χ0) is 13.9. The number of carbonyl (C=O) groups is 1. The molecule has 0 spiro atoms. The smallest absolute Gasteiger partial charge is 0.240 e. The number of nitrogens with one attached hydrogen (secondary N) is 1. The van der Waals surface area contributed by atoms with Gasteiger partial charge in [0.15, 0.2) is 9.84 Å². The van der Waals surface area contributed by atoms with Crippen LogP contribution in [0.5, 0.6) is 0 Å². The fourth-order valence-electron chi connectivity index (χ4n) is 2.57. The molecule has 1 atom stereocenters. The molecular formula is C12H18N2O4S. The van der Waals surface area contributed by atoms with Crippen molar-refractivity contribution < 1.29 is 17.9 Å². The standard InChI is InChI=1S/C12H18N2O4S/c13-9-12(3-5-18-6-4-12)11(15)14-10-2-1-7-19(16,17)8-10/h10H,1-8H2,(H,14,15). The molecule has 2 saturated heterocycles. The molecule has 0 bridgehead atoms. The van der Waals surface area contributed by atoms with E-state index in [9.17, 15) is 18.5 Å². The van der Waals surface area contributed by atoms with Crippen molar-refractivity contribution in [2.75, 3.05) is 24.7 Å². The second-order valence-electron chi connectivity index (χ2n) is 5.23. The summed E-state index contributed by atoms with van der Waals surface area (Å²) in [4.78, 5) is 12.2. The zero-order valence-corrected chi connectivity index (χ0v) is 11.5.